The number of halogens is 1. The van der Waals surface area contributed by atoms with Crippen LogP contribution in [-0.4, -0.2) is 19.4 Å². The zero-order valence-corrected chi connectivity index (χ0v) is 16.1. The second kappa shape index (κ2) is 6.72. The minimum absolute atomic E-state index is 0.104. The SMILES string of the molecule is CCc1ccc(S(=O)(=O)NC2CCc3[nH]c4cc(Cl)ccc4c3C2)cc1. The molecule has 2 aromatic carbocycles. The van der Waals surface area contributed by atoms with Gasteiger partial charge in [0, 0.05) is 27.7 Å². The minimum Gasteiger partial charge on any atom is -0.358 e. The molecule has 0 fully saturated rings. The van der Waals surface area contributed by atoms with Crippen LogP contribution in [0.1, 0.15) is 30.2 Å². The van der Waals surface area contributed by atoms with Gasteiger partial charge in [-0.05, 0) is 61.1 Å². The van der Waals surface area contributed by atoms with Crippen molar-refractivity contribution in [2.24, 2.45) is 0 Å². The highest BCUT2D eigenvalue weighted by Gasteiger charge is 2.26. The molecule has 1 aromatic heterocycles. The lowest BCUT2D eigenvalue weighted by Gasteiger charge is -2.23. The summed E-state index contributed by atoms with van der Waals surface area (Å²) in [5.74, 6) is 0. The highest BCUT2D eigenvalue weighted by molar-refractivity contribution is 7.89. The van der Waals surface area contributed by atoms with Crippen molar-refractivity contribution in [2.45, 2.75) is 43.5 Å². The number of hydrogen-bond donors (Lipinski definition) is 2. The Hall–Kier alpha value is -1.82. The summed E-state index contributed by atoms with van der Waals surface area (Å²) >= 11 is 6.08. The van der Waals surface area contributed by atoms with E-state index in [0.717, 1.165) is 35.7 Å². The predicted molar refractivity (Wildman–Crippen MR) is 105 cm³/mol. The van der Waals surface area contributed by atoms with Crippen LogP contribution < -0.4 is 4.72 Å². The minimum atomic E-state index is -3.51. The van der Waals surface area contributed by atoms with E-state index in [9.17, 15) is 8.42 Å². The largest absolute Gasteiger partial charge is 0.358 e. The monoisotopic (exact) mass is 388 g/mol. The number of hydrogen-bond acceptors (Lipinski definition) is 2. The van der Waals surface area contributed by atoms with Gasteiger partial charge in [-0.2, -0.15) is 0 Å². The molecule has 0 bridgehead atoms. The third-order valence-corrected chi connectivity index (χ3v) is 6.89. The topological polar surface area (TPSA) is 62.0 Å². The highest BCUT2D eigenvalue weighted by atomic mass is 35.5. The van der Waals surface area contributed by atoms with Crippen molar-refractivity contribution < 1.29 is 8.42 Å². The van der Waals surface area contributed by atoms with E-state index >= 15 is 0 Å². The molecule has 1 unspecified atom stereocenters. The second-order valence-corrected chi connectivity index (χ2v) is 8.98. The summed E-state index contributed by atoms with van der Waals surface area (Å²) in [6.45, 7) is 2.05. The number of aryl methyl sites for hydroxylation is 2. The van der Waals surface area contributed by atoms with Crippen molar-refractivity contribution in [1.29, 1.82) is 0 Å². The quantitative estimate of drug-likeness (QED) is 0.702. The standard InChI is InChI=1S/C20H21ClN2O2S/c1-2-13-3-7-16(8-4-13)26(24,25)23-15-6-10-19-18(12-15)17-9-5-14(21)11-20(17)22-19/h3-5,7-9,11,15,22-23H,2,6,10,12H2,1H3. The van der Waals surface area contributed by atoms with Crippen molar-refractivity contribution in [3.05, 3.63) is 64.3 Å². The van der Waals surface area contributed by atoms with Gasteiger partial charge in [0.05, 0.1) is 4.90 Å². The fourth-order valence-corrected chi connectivity index (χ4v) is 5.13. The lowest BCUT2D eigenvalue weighted by atomic mass is 9.92. The van der Waals surface area contributed by atoms with Gasteiger partial charge in [0.15, 0.2) is 0 Å². The lowest BCUT2D eigenvalue weighted by Crippen LogP contribution is -2.38. The molecule has 136 valence electrons. The predicted octanol–water partition coefficient (Wildman–Crippen LogP) is 4.22. The maximum absolute atomic E-state index is 12.7. The Morgan fingerprint density at radius 2 is 1.96 bits per heavy atom. The van der Waals surface area contributed by atoms with Crippen LogP contribution in [0.15, 0.2) is 47.4 Å². The highest BCUT2D eigenvalue weighted by Crippen LogP contribution is 2.31. The zero-order valence-electron chi connectivity index (χ0n) is 14.5. The van der Waals surface area contributed by atoms with E-state index < -0.39 is 10.0 Å². The zero-order chi connectivity index (χ0) is 18.3. The van der Waals surface area contributed by atoms with Crippen molar-refractivity contribution in [1.82, 2.24) is 9.71 Å². The van der Waals surface area contributed by atoms with Crippen LogP contribution in [-0.2, 0) is 29.3 Å². The second-order valence-electron chi connectivity index (χ2n) is 6.83. The number of nitrogens with one attached hydrogen (secondary N) is 2. The molecule has 1 heterocycles. The number of aromatic amines is 1. The molecular formula is C20H21ClN2O2S. The van der Waals surface area contributed by atoms with Crippen molar-refractivity contribution in [3.8, 4) is 0 Å². The van der Waals surface area contributed by atoms with Gasteiger partial charge in [0.25, 0.3) is 0 Å². The molecule has 0 saturated heterocycles. The smallest absolute Gasteiger partial charge is 0.240 e. The molecule has 6 heteroatoms. The summed E-state index contributed by atoms with van der Waals surface area (Å²) in [5.41, 5.74) is 4.52. The van der Waals surface area contributed by atoms with E-state index in [2.05, 4.69) is 16.6 Å². The Kier molecular flexibility index (Phi) is 4.55. The molecule has 0 radical (unpaired) electrons. The van der Waals surface area contributed by atoms with E-state index in [1.54, 1.807) is 12.1 Å². The van der Waals surface area contributed by atoms with E-state index in [0.29, 0.717) is 16.3 Å². The molecule has 4 rings (SSSR count). The number of benzene rings is 2. The van der Waals surface area contributed by atoms with Crippen LogP contribution in [0, 0.1) is 0 Å². The summed E-state index contributed by atoms with van der Waals surface area (Å²) in [4.78, 5) is 3.75. The van der Waals surface area contributed by atoms with Crippen LogP contribution >= 0.6 is 11.6 Å². The van der Waals surface area contributed by atoms with Crippen molar-refractivity contribution >= 4 is 32.5 Å². The normalized spacial score (nSPS) is 17.4. The molecular weight excluding hydrogens is 368 g/mol. The van der Waals surface area contributed by atoms with Gasteiger partial charge in [-0.25, -0.2) is 13.1 Å². The Bertz CT molecular complexity index is 1060. The maximum atomic E-state index is 12.7. The number of H-pyrrole nitrogens is 1. The number of rotatable bonds is 4. The van der Waals surface area contributed by atoms with Gasteiger partial charge in [-0.1, -0.05) is 36.7 Å². The first-order valence-corrected chi connectivity index (χ1v) is 10.7. The molecule has 1 aliphatic rings. The summed E-state index contributed by atoms with van der Waals surface area (Å²) in [5, 5.41) is 1.82. The molecule has 0 spiro atoms. The van der Waals surface area contributed by atoms with E-state index in [1.807, 2.05) is 30.3 Å². The average molecular weight is 389 g/mol. The summed E-state index contributed by atoms with van der Waals surface area (Å²) in [6.07, 6.45) is 3.18. The van der Waals surface area contributed by atoms with Crippen LogP contribution in [0.25, 0.3) is 10.9 Å². The average Bonchev–Trinajstić information content (AvgIpc) is 2.98. The fraction of sp³-hybridized carbons (Fsp3) is 0.300. The Morgan fingerprint density at radius 1 is 1.19 bits per heavy atom. The molecule has 3 aromatic rings. The summed E-state index contributed by atoms with van der Waals surface area (Å²) in [6, 6.07) is 12.8. The van der Waals surface area contributed by atoms with Gasteiger partial charge in [-0.15, -0.1) is 0 Å². The molecule has 0 saturated carbocycles. The first kappa shape index (κ1) is 17.6. The van der Waals surface area contributed by atoms with Crippen LogP contribution in [0.5, 0.6) is 0 Å². The lowest BCUT2D eigenvalue weighted by molar-refractivity contribution is 0.506. The summed E-state index contributed by atoms with van der Waals surface area (Å²) < 4.78 is 28.3. The fourth-order valence-electron chi connectivity index (χ4n) is 3.69. The van der Waals surface area contributed by atoms with Crippen molar-refractivity contribution in [2.75, 3.05) is 0 Å². The van der Waals surface area contributed by atoms with Gasteiger partial charge in [0.2, 0.25) is 10.0 Å². The Labute approximate surface area is 158 Å². The van der Waals surface area contributed by atoms with Gasteiger partial charge in [-0.3, -0.25) is 0 Å². The third-order valence-electron chi connectivity index (χ3n) is 5.11. The van der Waals surface area contributed by atoms with E-state index in [4.69, 9.17) is 11.6 Å². The first-order valence-electron chi connectivity index (χ1n) is 8.86. The van der Waals surface area contributed by atoms with Crippen LogP contribution in [0.3, 0.4) is 0 Å². The van der Waals surface area contributed by atoms with E-state index in [1.165, 1.54) is 11.3 Å². The summed E-state index contributed by atoms with van der Waals surface area (Å²) in [7, 11) is -3.51. The third kappa shape index (κ3) is 3.27. The van der Waals surface area contributed by atoms with Gasteiger partial charge >= 0.3 is 0 Å². The van der Waals surface area contributed by atoms with Gasteiger partial charge in [0.1, 0.15) is 0 Å². The number of sulfonamides is 1. The maximum Gasteiger partial charge on any atom is 0.240 e. The molecule has 4 nitrogen and oxygen atoms in total. The molecule has 0 amide bonds. The molecule has 2 N–H and O–H groups in total. The van der Waals surface area contributed by atoms with Crippen molar-refractivity contribution in [3.63, 3.8) is 0 Å². The Balaban J connectivity index is 1.57. The first-order chi connectivity index (χ1) is 12.5. The molecule has 26 heavy (non-hydrogen) atoms. The van der Waals surface area contributed by atoms with Gasteiger partial charge < -0.3 is 4.98 Å². The number of fused-ring (bicyclic) bond motifs is 3. The van der Waals surface area contributed by atoms with Crippen LogP contribution in [0.4, 0.5) is 0 Å². The number of aromatic nitrogens is 1. The molecule has 1 aliphatic carbocycles. The molecule has 1 atom stereocenters. The Morgan fingerprint density at radius 3 is 2.69 bits per heavy atom. The molecule has 0 aliphatic heterocycles. The van der Waals surface area contributed by atoms with Crippen LogP contribution in [0.2, 0.25) is 5.02 Å². The van der Waals surface area contributed by atoms with E-state index in [-0.39, 0.29) is 6.04 Å².